The lowest BCUT2D eigenvalue weighted by Gasteiger charge is -2.35. The van der Waals surface area contributed by atoms with E-state index in [0.717, 1.165) is 65.3 Å². The van der Waals surface area contributed by atoms with Gasteiger partial charge in [-0.1, -0.05) is 30.3 Å². The highest BCUT2D eigenvalue weighted by Crippen LogP contribution is 2.28. The van der Waals surface area contributed by atoms with Crippen LogP contribution < -0.4 is 0 Å². The molecule has 1 saturated heterocycles. The number of pyridine rings is 1. The number of carbonyl (C=O) groups excluding carboxylic acids is 1. The minimum absolute atomic E-state index is 0.109. The molecular weight excluding hydrogens is 348 g/mol. The number of para-hydroxylation sites is 1. The van der Waals surface area contributed by atoms with E-state index in [9.17, 15) is 4.79 Å². The first-order chi connectivity index (χ1) is 13.8. The van der Waals surface area contributed by atoms with Crippen molar-refractivity contribution >= 4 is 27.6 Å². The quantitative estimate of drug-likeness (QED) is 0.497. The number of amides is 1. The van der Waals surface area contributed by atoms with Gasteiger partial charge in [-0.3, -0.25) is 9.78 Å². The summed E-state index contributed by atoms with van der Waals surface area (Å²) in [5.41, 5.74) is 1.67. The largest absolute Gasteiger partial charge is 0.461 e. The Morgan fingerprint density at radius 1 is 1.07 bits per heavy atom. The summed E-state index contributed by atoms with van der Waals surface area (Å²) in [5.74, 6) is 1.06. The second kappa shape index (κ2) is 7.12. The van der Waals surface area contributed by atoms with Gasteiger partial charge in [-0.2, -0.15) is 0 Å². The van der Waals surface area contributed by atoms with Crippen LogP contribution in [0.4, 0.5) is 0 Å². The number of nitrogens with zero attached hydrogens (tertiary/aromatic N) is 2. The van der Waals surface area contributed by atoms with E-state index in [1.54, 1.807) is 6.20 Å². The molecule has 0 spiro atoms. The van der Waals surface area contributed by atoms with Crippen molar-refractivity contribution in [3.8, 4) is 0 Å². The van der Waals surface area contributed by atoms with Gasteiger partial charge >= 0.3 is 0 Å². The van der Waals surface area contributed by atoms with Crippen molar-refractivity contribution in [1.29, 1.82) is 0 Å². The minimum atomic E-state index is 0.109. The number of aromatic nitrogens is 1. The van der Waals surface area contributed by atoms with Crippen LogP contribution in [0.3, 0.4) is 0 Å². The van der Waals surface area contributed by atoms with Gasteiger partial charge in [0, 0.05) is 47.7 Å². The molecule has 0 aliphatic carbocycles. The molecule has 4 heteroatoms. The molecule has 4 nitrogen and oxygen atoms in total. The van der Waals surface area contributed by atoms with E-state index in [1.165, 1.54) is 0 Å². The van der Waals surface area contributed by atoms with Crippen molar-refractivity contribution in [1.82, 2.24) is 9.88 Å². The van der Waals surface area contributed by atoms with Crippen molar-refractivity contribution in [2.45, 2.75) is 31.7 Å². The summed E-state index contributed by atoms with van der Waals surface area (Å²) in [6, 6.07) is 18.1. The predicted molar refractivity (Wildman–Crippen MR) is 110 cm³/mol. The van der Waals surface area contributed by atoms with Gasteiger partial charge in [-0.15, -0.1) is 0 Å². The van der Waals surface area contributed by atoms with E-state index in [4.69, 9.17) is 4.42 Å². The highest BCUT2D eigenvalue weighted by Gasteiger charge is 2.29. The van der Waals surface area contributed by atoms with Crippen LogP contribution in [0, 0.1) is 0 Å². The van der Waals surface area contributed by atoms with Crippen molar-refractivity contribution in [3.63, 3.8) is 0 Å². The van der Waals surface area contributed by atoms with Crippen LogP contribution in [0.1, 0.15) is 35.4 Å². The van der Waals surface area contributed by atoms with Gasteiger partial charge in [0.15, 0.2) is 0 Å². The number of likely N-dealkylation sites (tertiary alicyclic amines) is 1. The first kappa shape index (κ1) is 17.0. The third-order valence-corrected chi connectivity index (χ3v) is 5.71. The Bertz CT molecular complexity index is 1110. The second-order valence-corrected chi connectivity index (χ2v) is 7.51. The third-order valence-electron chi connectivity index (χ3n) is 5.71. The van der Waals surface area contributed by atoms with Crippen LogP contribution >= 0.6 is 0 Å². The van der Waals surface area contributed by atoms with E-state index < -0.39 is 0 Å². The van der Waals surface area contributed by atoms with Gasteiger partial charge < -0.3 is 9.32 Å². The Morgan fingerprint density at radius 2 is 1.96 bits per heavy atom. The van der Waals surface area contributed by atoms with Gasteiger partial charge in [0.25, 0.3) is 5.91 Å². The molecule has 3 heterocycles. The van der Waals surface area contributed by atoms with Gasteiger partial charge in [0.1, 0.15) is 11.3 Å². The zero-order valence-electron chi connectivity index (χ0n) is 15.7. The topological polar surface area (TPSA) is 46.3 Å². The number of hydrogen-bond acceptors (Lipinski definition) is 3. The maximum absolute atomic E-state index is 13.5. The summed E-state index contributed by atoms with van der Waals surface area (Å²) in [7, 11) is 0. The number of piperidine rings is 1. The van der Waals surface area contributed by atoms with E-state index in [1.807, 2.05) is 53.6 Å². The van der Waals surface area contributed by atoms with E-state index in [-0.39, 0.29) is 11.9 Å². The van der Waals surface area contributed by atoms with Crippen LogP contribution in [-0.2, 0) is 6.42 Å². The van der Waals surface area contributed by atoms with Crippen LogP contribution in [-0.4, -0.2) is 28.4 Å². The standard InChI is InChI=1S/C24H22N2O2/c27-24(22-9-5-7-18-16-25-12-11-21(18)22)26-13-4-3-8-19(26)15-20-14-17-6-1-2-10-23(17)28-20/h1-2,5-7,9-12,14,16,19H,3-4,8,13,15H2. The predicted octanol–water partition coefficient (Wildman–Crippen LogP) is 5.22. The number of rotatable bonds is 3. The fraction of sp³-hybridized carbons (Fsp3) is 0.250. The molecule has 2 aromatic carbocycles. The van der Waals surface area contributed by atoms with Crippen molar-refractivity contribution in [2.24, 2.45) is 0 Å². The molecule has 1 aliphatic rings. The first-order valence-corrected chi connectivity index (χ1v) is 9.91. The van der Waals surface area contributed by atoms with Crippen molar-refractivity contribution < 1.29 is 9.21 Å². The van der Waals surface area contributed by atoms with Crippen LogP contribution in [0.5, 0.6) is 0 Å². The molecule has 1 amide bonds. The summed E-state index contributed by atoms with van der Waals surface area (Å²) >= 11 is 0. The van der Waals surface area contributed by atoms with Crippen LogP contribution in [0.15, 0.2) is 71.4 Å². The molecule has 2 aromatic heterocycles. The molecule has 5 rings (SSSR count). The summed E-state index contributed by atoms with van der Waals surface area (Å²) < 4.78 is 6.03. The Hall–Kier alpha value is -3.14. The molecule has 0 N–H and O–H groups in total. The maximum Gasteiger partial charge on any atom is 0.254 e. The molecule has 0 radical (unpaired) electrons. The monoisotopic (exact) mass is 370 g/mol. The highest BCUT2D eigenvalue weighted by atomic mass is 16.3. The van der Waals surface area contributed by atoms with Gasteiger partial charge in [0.05, 0.1) is 0 Å². The molecule has 1 unspecified atom stereocenters. The summed E-state index contributed by atoms with van der Waals surface area (Å²) in [6.45, 7) is 0.797. The summed E-state index contributed by atoms with van der Waals surface area (Å²) in [5, 5.41) is 3.09. The van der Waals surface area contributed by atoms with Crippen molar-refractivity contribution in [2.75, 3.05) is 6.54 Å². The van der Waals surface area contributed by atoms with Gasteiger partial charge in [-0.05, 0) is 48.9 Å². The first-order valence-electron chi connectivity index (χ1n) is 9.91. The average Bonchev–Trinajstić information content (AvgIpc) is 3.15. The molecule has 1 atom stereocenters. The van der Waals surface area contributed by atoms with E-state index in [2.05, 4.69) is 17.1 Å². The fourth-order valence-corrected chi connectivity index (χ4v) is 4.31. The summed E-state index contributed by atoms with van der Waals surface area (Å²) in [6.07, 6.45) is 7.53. The lowest BCUT2D eigenvalue weighted by atomic mass is 9.96. The van der Waals surface area contributed by atoms with Gasteiger partial charge in [-0.25, -0.2) is 0 Å². The van der Waals surface area contributed by atoms with Crippen molar-refractivity contribution in [3.05, 3.63) is 78.3 Å². The Balaban J connectivity index is 1.45. The Labute approximate surface area is 163 Å². The van der Waals surface area contributed by atoms with Crippen LogP contribution in [0.25, 0.3) is 21.7 Å². The molecule has 140 valence electrons. The highest BCUT2D eigenvalue weighted by molar-refractivity contribution is 6.07. The second-order valence-electron chi connectivity index (χ2n) is 7.51. The SMILES string of the molecule is O=C(c1cccc2cnccc12)N1CCCCC1Cc1cc2ccccc2o1. The smallest absolute Gasteiger partial charge is 0.254 e. The minimum Gasteiger partial charge on any atom is -0.461 e. The number of fused-ring (bicyclic) bond motifs is 2. The third kappa shape index (κ3) is 3.05. The maximum atomic E-state index is 13.5. The number of benzene rings is 2. The zero-order valence-corrected chi connectivity index (χ0v) is 15.7. The normalized spacial score (nSPS) is 17.3. The molecule has 0 saturated carbocycles. The van der Waals surface area contributed by atoms with Gasteiger partial charge in [0.2, 0.25) is 0 Å². The molecule has 4 aromatic rings. The molecule has 28 heavy (non-hydrogen) atoms. The molecule has 1 fully saturated rings. The lowest BCUT2D eigenvalue weighted by Crippen LogP contribution is -2.44. The number of furan rings is 1. The molecular formula is C24H22N2O2. The lowest BCUT2D eigenvalue weighted by molar-refractivity contribution is 0.0610. The molecule has 0 bridgehead atoms. The van der Waals surface area contributed by atoms with E-state index >= 15 is 0 Å². The fourth-order valence-electron chi connectivity index (χ4n) is 4.31. The zero-order chi connectivity index (χ0) is 18.9. The Morgan fingerprint density at radius 3 is 2.89 bits per heavy atom. The average molecular weight is 370 g/mol. The number of hydrogen-bond donors (Lipinski definition) is 0. The van der Waals surface area contributed by atoms with E-state index in [0.29, 0.717) is 0 Å². The van der Waals surface area contributed by atoms with Crippen LogP contribution in [0.2, 0.25) is 0 Å². The molecule has 1 aliphatic heterocycles. The summed E-state index contributed by atoms with van der Waals surface area (Å²) in [4.78, 5) is 19.7. The Kier molecular flexibility index (Phi) is 4.32. The number of carbonyl (C=O) groups is 1.